The lowest BCUT2D eigenvalue weighted by Gasteiger charge is -1.90. The molecule has 62 valence electrons. The average molecular weight is 184 g/mol. The normalized spacial score (nSPS) is 9.80. The van der Waals surface area contributed by atoms with E-state index in [2.05, 4.69) is 0 Å². The molecule has 0 saturated heterocycles. The van der Waals surface area contributed by atoms with Crippen molar-refractivity contribution in [3.05, 3.63) is 12.2 Å². The monoisotopic (exact) mass is 183 g/mol. The van der Waals surface area contributed by atoms with E-state index in [1.54, 1.807) is 0 Å². The molecule has 3 heteroatoms. The van der Waals surface area contributed by atoms with E-state index in [9.17, 15) is 0 Å². The summed E-state index contributed by atoms with van der Waals surface area (Å²) in [6.45, 7) is 0. The molecule has 0 aromatic heterocycles. The zero-order valence-electron chi connectivity index (χ0n) is 6.77. The Hall–Kier alpha value is 0.280. The van der Waals surface area contributed by atoms with Crippen molar-refractivity contribution in [3.63, 3.8) is 0 Å². The van der Waals surface area contributed by atoms with Crippen LogP contribution >= 0.6 is 23.2 Å². The second-order valence-corrected chi connectivity index (χ2v) is 2.74. The first-order chi connectivity index (χ1) is 4.65. The summed E-state index contributed by atoms with van der Waals surface area (Å²) in [5.74, 6) is 1.12. The Kier molecular flexibility index (Phi) is 15.5. The molecular formula is C7H15Cl2N. The van der Waals surface area contributed by atoms with E-state index >= 15 is 0 Å². The second-order valence-electron chi connectivity index (χ2n) is 2.12. The predicted octanol–water partition coefficient (Wildman–Crippen LogP) is 2.20. The van der Waals surface area contributed by atoms with Gasteiger partial charge in [0.1, 0.15) is 0 Å². The highest BCUT2D eigenvalue weighted by Gasteiger charge is 1.63. The van der Waals surface area contributed by atoms with Crippen molar-refractivity contribution in [2.75, 3.05) is 32.9 Å². The van der Waals surface area contributed by atoms with Crippen molar-refractivity contribution in [1.82, 2.24) is 4.90 Å². The van der Waals surface area contributed by atoms with Gasteiger partial charge < -0.3 is 4.90 Å². The maximum absolute atomic E-state index is 5.23. The molecule has 0 aromatic rings. The van der Waals surface area contributed by atoms with Crippen LogP contribution < -0.4 is 0 Å². The molecule has 1 nitrogen and oxygen atoms in total. The molecule has 0 radical (unpaired) electrons. The van der Waals surface area contributed by atoms with E-state index in [1.807, 2.05) is 38.2 Å². The average Bonchev–Trinajstić information content (AvgIpc) is 1.82. The Bertz CT molecular complexity index is 63.3. The molecule has 0 unspecified atom stereocenters. The first-order valence-corrected chi connectivity index (χ1v) is 4.10. The maximum Gasteiger partial charge on any atom is 0.0404 e. The first kappa shape index (κ1) is 12.9. The minimum absolute atomic E-state index is 0.562. The van der Waals surface area contributed by atoms with Gasteiger partial charge >= 0.3 is 0 Å². The van der Waals surface area contributed by atoms with Crippen molar-refractivity contribution in [1.29, 1.82) is 0 Å². The van der Waals surface area contributed by atoms with Crippen LogP contribution in [0.1, 0.15) is 0 Å². The second kappa shape index (κ2) is 12.0. The molecular weight excluding hydrogens is 169 g/mol. The Morgan fingerprint density at radius 3 is 1.30 bits per heavy atom. The standard InChI is InChI=1S/C4H6Cl2.C3H9N/c5-3-1-2-4-6;1-4(2)3/h1-2H,3-4H2;1-3H3. The van der Waals surface area contributed by atoms with Crippen LogP contribution in [-0.4, -0.2) is 37.8 Å². The van der Waals surface area contributed by atoms with Gasteiger partial charge in [-0.25, -0.2) is 0 Å². The van der Waals surface area contributed by atoms with E-state index in [1.165, 1.54) is 0 Å². The van der Waals surface area contributed by atoms with Crippen LogP contribution in [0.25, 0.3) is 0 Å². The molecule has 0 fully saturated rings. The molecule has 0 aliphatic heterocycles. The van der Waals surface area contributed by atoms with Crippen LogP contribution in [0.15, 0.2) is 12.2 Å². The Morgan fingerprint density at radius 1 is 1.00 bits per heavy atom. The molecule has 0 bridgehead atoms. The molecule has 0 aromatic carbocycles. The van der Waals surface area contributed by atoms with Gasteiger partial charge in [0, 0.05) is 11.8 Å². The molecule has 0 atom stereocenters. The van der Waals surface area contributed by atoms with Gasteiger partial charge in [-0.1, -0.05) is 12.2 Å². The number of hydrogen-bond acceptors (Lipinski definition) is 1. The zero-order chi connectivity index (χ0) is 8.41. The molecule has 10 heavy (non-hydrogen) atoms. The van der Waals surface area contributed by atoms with Crippen LogP contribution in [0.4, 0.5) is 0 Å². The van der Waals surface area contributed by atoms with Crippen LogP contribution in [0, 0.1) is 0 Å². The highest BCUT2D eigenvalue weighted by molar-refractivity contribution is 6.20. The maximum atomic E-state index is 5.23. The Balaban J connectivity index is 0. The van der Waals surface area contributed by atoms with Crippen LogP contribution in [0.3, 0.4) is 0 Å². The third kappa shape index (κ3) is 40.8. The fourth-order valence-electron chi connectivity index (χ4n) is 0.126. The molecule has 0 aliphatic carbocycles. The summed E-state index contributed by atoms with van der Waals surface area (Å²) in [6, 6.07) is 0. The van der Waals surface area contributed by atoms with Crippen molar-refractivity contribution < 1.29 is 0 Å². The van der Waals surface area contributed by atoms with Gasteiger partial charge in [-0.05, 0) is 21.1 Å². The summed E-state index contributed by atoms with van der Waals surface area (Å²) in [6.07, 6.45) is 3.63. The number of rotatable bonds is 2. The van der Waals surface area contributed by atoms with Gasteiger partial charge in [0.2, 0.25) is 0 Å². The van der Waals surface area contributed by atoms with Gasteiger partial charge in [-0.2, -0.15) is 0 Å². The van der Waals surface area contributed by atoms with E-state index < -0.39 is 0 Å². The molecule has 0 spiro atoms. The molecule has 0 rings (SSSR count). The lowest BCUT2D eigenvalue weighted by molar-refractivity contribution is 0.505. The SMILES string of the molecule is CN(C)C.ClCC=CCCl. The summed E-state index contributed by atoms with van der Waals surface area (Å²) >= 11 is 10.5. The van der Waals surface area contributed by atoms with Gasteiger partial charge in [0.15, 0.2) is 0 Å². The first-order valence-electron chi connectivity index (χ1n) is 3.03. The Morgan fingerprint density at radius 2 is 1.20 bits per heavy atom. The minimum Gasteiger partial charge on any atom is -0.312 e. The van der Waals surface area contributed by atoms with Crippen molar-refractivity contribution >= 4 is 23.2 Å². The van der Waals surface area contributed by atoms with Gasteiger partial charge in [0.05, 0.1) is 0 Å². The van der Waals surface area contributed by atoms with Gasteiger partial charge in [-0.3, -0.25) is 0 Å². The highest BCUT2D eigenvalue weighted by atomic mass is 35.5. The largest absolute Gasteiger partial charge is 0.312 e. The molecule has 0 N–H and O–H groups in total. The zero-order valence-corrected chi connectivity index (χ0v) is 8.28. The number of halogens is 2. The quantitative estimate of drug-likeness (QED) is 0.469. The van der Waals surface area contributed by atoms with E-state index in [0.717, 1.165) is 0 Å². The Labute approximate surface area is 73.6 Å². The summed E-state index contributed by atoms with van der Waals surface area (Å²) < 4.78 is 0. The summed E-state index contributed by atoms with van der Waals surface area (Å²) in [7, 11) is 6.00. The smallest absolute Gasteiger partial charge is 0.0404 e. The fraction of sp³-hybridized carbons (Fsp3) is 0.714. The topological polar surface area (TPSA) is 3.24 Å². The lowest BCUT2D eigenvalue weighted by Crippen LogP contribution is -1.99. The lowest BCUT2D eigenvalue weighted by atomic mass is 10.6. The summed E-state index contributed by atoms with van der Waals surface area (Å²) in [5, 5.41) is 0. The van der Waals surface area contributed by atoms with Crippen LogP contribution in [0.5, 0.6) is 0 Å². The highest BCUT2D eigenvalue weighted by Crippen LogP contribution is 1.79. The number of allylic oxidation sites excluding steroid dienone is 2. The number of hydrogen-bond donors (Lipinski definition) is 0. The fourth-order valence-corrected chi connectivity index (χ4v) is 0.378. The number of nitrogens with zero attached hydrogens (tertiary/aromatic N) is 1. The van der Waals surface area contributed by atoms with Crippen molar-refractivity contribution in [2.24, 2.45) is 0 Å². The molecule has 0 saturated carbocycles. The third-order valence-electron chi connectivity index (χ3n) is 0.345. The molecule has 0 aliphatic rings. The third-order valence-corrected chi connectivity index (χ3v) is 0.701. The van der Waals surface area contributed by atoms with E-state index in [4.69, 9.17) is 23.2 Å². The minimum atomic E-state index is 0.562. The van der Waals surface area contributed by atoms with Crippen LogP contribution in [0.2, 0.25) is 0 Å². The molecule has 0 heterocycles. The van der Waals surface area contributed by atoms with Crippen LogP contribution in [-0.2, 0) is 0 Å². The summed E-state index contributed by atoms with van der Waals surface area (Å²) in [4.78, 5) is 2.00. The summed E-state index contributed by atoms with van der Waals surface area (Å²) in [5.41, 5.74) is 0. The van der Waals surface area contributed by atoms with Crippen molar-refractivity contribution in [2.45, 2.75) is 0 Å². The van der Waals surface area contributed by atoms with E-state index in [-0.39, 0.29) is 0 Å². The predicted molar refractivity (Wildman–Crippen MR) is 50.2 cm³/mol. The van der Waals surface area contributed by atoms with Gasteiger partial charge in [-0.15, -0.1) is 23.2 Å². The molecule has 0 amide bonds. The number of alkyl halides is 2. The van der Waals surface area contributed by atoms with E-state index in [0.29, 0.717) is 11.8 Å². The van der Waals surface area contributed by atoms with Crippen molar-refractivity contribution in [3.8, 4) is 0 Å². The van der Waals surface area contributed by atoms with Gasteiger partial charge in [0.25, 0.3) is 0 Å².